The average molecular weight is 311 g/mol. The Balaban J connectivity index is 1.56. The molecule has 0 radical (unpaired) electrons. The Hall–Kier alpha value is -1.91. The van der Waals surface area contributed by atoms with Gasteiger partial charge in [0.25, 0.3) is 0 Å². The van der Waals surface area contributed by atoms with Crippen LogP contribution in [-0.4, -0.2) is 47.7 Å². The Labute approximate surface area is 138 Å². The van der Waals surface area contributed by atoms with Crippen LogP contribution in [0.1, 0.15) is 22.8 Å². The normalized spacial score (nSPS) is 17.3. The smallest absolute Gasteiger partial charge is 0.128 e. The van der Waals surface area contributed by atoms with E-state index in [0.29, 0.717) is 6.54 Å². The van der Waals surface area contributed by atoms with E-state index in [2.05, 4.69) is 52.9 Å². The number of nitrogens with zero attached hydrogens (tertiary/aromatic N) is 3. The Morgan fingerprint density at radius 1 is 1.09 bits per heavy atom. The lowest BCUT2D eigenvalue weighted by Gasteiger charge is -2.36. The van der Waals surface area contributed by atoms with Gasteiger partial charge >= 0.3 is 0 Å². The van der Waals surface area contributed by atoms with E-state index < -0.39 is 6.10 Å². The number of hydrogen-bond donors (Lipinski definition) is 1. The zero-order chi connectivity index (χ0) is 16.2. The van der Waals surface area contributed by atoms with Crippen LogP contribution in [0, 0.1) is 13.8 Å². The Kier molecular flexibility index (Phi) is 4.94. The molecule has 0 saturated carbocycles. The Morgan fingerprint density at radius 3 is 2.52 bits per heavy atom. The minimum atomic E-state index is -0.419. The molecule has 1 N–H and O–H groups in total. The van der Waals surface area contributed by atoms with Gasteiger partial charge in [0.15, 0.2) is 0 Å². The molecule has 2 aromatic rings. The second-order valence-electron chi connectivity index (χ2n) is 6.35. The highest BCUT2D eigenvalue weighted by molar-refractivity contribution is 5.38. The number of aromatic nitrogens is 1. The van der Waals surface area contributed by atoms with Crippen LogP contribution >= 0.6 is 0 Å². The summed E-state index contributed by atoms with van der Waals surface area (Å²) in [6.45, 7) is 8.68. The third-order valence-corrected chi connectivity index (χ3v) is 4.56. The van der Waals surface area contributed by atoms with Crippen LogP contribution in [0.3, 0.4) is 0 Å². The SMILES string of the molecule is Cc1ccc(C(O)CN2CCN(c3ccccn3)CC2)c(C)c1. The second kappa shape index (κ2) is 7.11. The molecular weight excluding hydrogens is 286 g/mol. The monoisotopic (exact) mass is 311 g/mol. The molecule has 0 amide bonds. The van der Waals surface area contributed by atoms with Gasteiger partial charge in [-0.2, -0.15) is 0 Å². The van der Waals surface area contributed by atoms with Crippen molar-refractivity contribution in [3.63, 3.8) is 0 Å². The lowest BCUT2D eigenvalue weighted by molar-refractivity contribution is 0.109. The van der Waals surface area contributed by atoms with Crippen LogP contribution in [0.2, 0.25) is 0 Å². The molecule has 3 rings (SSSR count). The molecule has 1 fully saturated rings. The van der Waals surface area contributed by atoms with Gasteiger partial charge in [-0.25, -0.2) is 4.98 Å². The number of aryl methyl sites for hydroxylation is 2. The molecule has 23 heavy (non-hydrogen) atoms. The van der Waals surface area contributed by atoms with Gasteiger partial charge in [-0.1, -0.05) is 29.8 Å². The van der Waals surface area contributed by atoms with Gasteiger partial charge in [0.2, 0.25) is 0 Å². The lowest BCUT2D eigenvalue weighted by Crippen LogP contribution is -2.47. The van der Waals surface area contributed by atoms with E-state index in [1.165, 1.54) is 11.1 Å². The van der Waals surface area contributed by atoms with Gasteiger partial charge in [0.1, 0.15) is 5.82 Å². The number of benzene rings is 1. The van der Waals surface area contributed by atoms with Gasteiger partial charge < -0.3 is 10.0 Å². The maximum Gasteiger partial charge on any atom is 0.128 e. The minimum Gasteiger partial charge on any atom is -0.387 e. The van der Waals surface area contributed by atoms with Crippen molar-refractivity contribution in [3.05, 3.63) is 59.3 Å². The Morgan fingerprint density at radius 2 is 1.87 bits per heavy atom. The summed E-state index contributed by atoms with van der Waals surface area (Å²) in [6, 6.07) is 12.3. The van der Waals surface area contributed by atoms with Gasteiger partial charge in [-0.3, -0.25) is 4.90 Å². The van der Waals surface area contributed by atoms with Crippen molar-refractivity contribution in [2.75, 3.05) is 37.6 Å². The molecule has 0 aliphatic carbocycles. The van der Waals surface area contributed by atoms with Crippen molar-refractivity contribution in [1.82, 2.24) is 9.88 Å². The van der Waals surface area contributed by atoms with Gasteiger partial charge in [-0.05, 0) is 37.1 Å². The highest BCUT2D eigenvalue weighted by Gasteiger charge is 2.21. The van der Waals surface area contributed by atoms with Crippen LogP contribution in [0.25, 0.3) is 0 Å². The summed E-state index contributed by atoms with van der Waals surface area (Å²) in [4.78, 5) is 9.06. The number of aliphatic hydroxyl groups is 1. The van der Waals surface area contributed by atoms with Crippen LogP contribution in [-0.2, 0) is 0 Å². The van der Waals surface area contributed by atoms with Crippen molar-refractivity contribution in [3.8, 4) is 0 Å². The third kappa shape index (κ3) is 3.89. The van der Waals surface area contributed by atoms with Crippen molar-refractivity contribution >= 4 is 5.82 Å². The first-order valence-electron chi connectivity index (χ1n) is 8.27. The third-order valence-electron chi connectivity index (χ3n) is 4.56. The largest absolute Gasteiger partial charge is 0.387 e. The van der Waals surface area contributed by atoms with E-state index in [-0.39, 0.29) is 0 Å². The topological polar surface area (TPSA) is 39.6 Å². The first-order chi connectivity index (χ1) is 11.1. The van der Waals surface area contributed by atoms with Crippen LogP contribution in [0.5, 0.6) is 0 Å². The molecule has 1 unspecified atom stereocenters. The number of anilines is 1. The molecule has 0 bridgehead atoms. The first-order valence-corrected chi connectivity index (χ1v) is 8.27. The Bertz CT molecular complexity index is 636. The number of hydrogen-bond acceptors (Lipinski definition) is 4. The maximum atomic E-state index is 10.6. The molecule has 122 valence electrons. The highest BCUT2D eigenvalue weighted by atomic mass is 16.3. The van der Waals surface area contributed by atoms with Crippen LogP contribution < -0.4 is 4.90 Å². The van der Waals surface area contributed by atoms with Crippen molar-refractivity contribution in [1.29, 1.82) is 0 Å². The fourth-order valence-corrected chi connectivity index (χ4v) is 3.24. The maximum absolute atomic E-state index is 10.6. The molecule has 1 aromatic carbocycles. The number of piperazine rings is 1. The van der Waals surface area contributed by atoms with Crippen molar-refractivity contribution in [2.45, 2.75) is 20.0 Å². The average Bonchev–Trinajstić information content (AvgIpc) is 2.56. The highest BCUT2D eigenvalue weighted by Crippen LogP contribution is 2.21. The minimum absolute atomic E-state index is 0.419. The van der Waals surface area contributed by atoms with Crippen molar-refractivity contribution in [2.24, 2.45) is 0 Å². The molecule has 0 spiro atoms. The van der Waals surface area contributed by atoms with Crippen LogP contribution in [0.15, 0.2) is 42.6 Å². The van der Waals surface area contributed by atoms with E-state index in [4.69, 9.17) is 0 Å². The number of pyridine rings is 1. The number of aliphatic hydroxyl groups excluding tert-OH is 1. The molecule has 4 heteroatoms. The van der Waals surface area contributed by atoms with E-state index in [0.717, 1.165) is 37.6 Å². The molecule has 1 saturated heterocycles. The zero-order valence-corrected chi connectivity index (χ0v) is 13.9. The summed E-state index contributed by atoms with van der Waals surface area (Å²) in [5.74, 6) is 1.04. The fourth-order valence-electron chi connectivity index (χ4n) is 3.24. The molecule has 4 nitrogen and oxygen atoms in total. The fraction of sp³-hybridized carbons (Fsp3) is 0.421. The zero-order valence-electron chi connectivity index (χ0n) is 13.9. The quantitative estimate of drug-likeness (QED) is 0.942. The van der Waals surface area contributed by atoms with E-state index >= 15 is 0 Å². The molecule has 1 aliphatic rings. The summed E-state index contributed by atoms with van der Waals surface area (Å²) in [5, 5.41) is 10.6. The summed E-state index contributed by atoms with van der Waals surface area (Å²) < 4.78 is 0. The summed E-state index contributed by atoms with van der Waals surface area (Å²) in [6.07, 6.45) is 1.42. The van der Waals surface area contributed by atoms with Crippen molar-refractivity contribution < 1.29 is 5.11 Å². The predicted octanol–water partition coefficient (Wildman–Crippen LogP) is 2.55. The summed E-state index contributed by atoms with van der Waals surface area (Å²) >= 11 is 0. The van der Waals surface area contributed by atoms with E-state index in [1.807, 2.05) is 18.3 Å². The predicted molar refractivity (Wildman–Crippen MR) is 93.8 cm³/mol. The first kappa shape index (κ1) is 16.0. The van der Waals surface area contributed by atoms with E-state index in [1.54, 1.807) is 0 Å². The molecular formula is C19H25N3O. The van der Waals surface area contributed by atoms with E-state index in [9.17, 15) is 5.11 Å². The van der Waals surface area contributed by atoms with Gasteiger partial charge in [0, 0.05) is 38.9 Å². The molecule has 1 atom stereocenters. The number of rotatable bonds is 4. The molecule has 2 heterocycles. The summed E-state index contributed by atoms with van der Waals surface area (Å²) in [7, 11) is 0. The molecule has 1 aromatic heterocycles. The summed E-state index contributed by atoms with van der Waals surface area (Å²) in [5.41, 5.74) is 3.45. The molecule has 1 aliphatic heterocycles. The lowest BCUT2D eigenvalue weighted by atomic mass is 10.0. The van der Waals surface area contributed by atoms with Gasteiger partial charge in [0.05, 0.1) is 6.10 Å². The number of β-amino-alcohol motifs (C(OH)–C–C–N with tert-alkyl or cyclic N) is 1. The second-order valence-corrected chi connectivity index (χ2v) is 6.35. The standard InChI is InChI=1S/C19H25N3O/c1-15-6-7-17(16(2)13-15)18(23)14-21-9-11-22(12-10-21)19-5-3-4-8-20-19/h3-8,13,18,23H,9-12,14H2,1-2H3. The van der Waals surface area contributed by atoms with Crippen LogP contribution in [0.4, 0.5) is 5.82 Å². The van der Waals surface area contributed by atoms with Gasteiger partial charge in [-0.15, -0.1) is 0 Å².